The van der Waals surface area contributed by atoms with Crippen LogP contribution in [0.25, 0.3) is 0 Å². The fourth-order valence-corrected chi connectivity index (χ4v) is 2.58. The second kappa shape index (κ2) is 5.80. The molecule has 0 aliphatic heterocycles. The fourth-order valence-electron chi connectivity index (χ4n) is 2.58. The molecule has 2 aromatic rings. The average molecular weight is 271 g/mol. The molecule has 1 aromatic carbocycles. The Morgan fingerprint density at radius 2 is 1.95 bits per heavy atom. The molecule has 0 spiro atoms. The van der Waals surface area contributed by atoms with Gasteiger partial charge in [-0.15, -0.1) is 0 Å². The van der Waals surface area contributed by atoms with Crippen molar-refractivity contribution in [3.05, 3.63) is 53.3 Å². The lowest BCUT2D eigenvalue weighted by Crippen LogP contribution is -2.32. The maximum Gasteiger partial charge on any atom is 0.0534 e. The van der Waals surface area contributed by atoms with Gasteiger partial charge in [-0.3, -0.25) is 4.68 Å². The number of rotatable bonds is 4. The van der Waals surface area contributed by atoms with Gasteiger partial charge in [0.25, 0.3) is 0 Å². The molecule has 0 saturated carbocycles. The topological polar surface area (TPSA) is 29.9 Å². The third-order valence-corrected chi connectivity index (χ3v) is 3.63. The fraction of sp³-hybridized carbons (Fsp3) is 0.471. The van der Waals surface area contributed by atoms with Gasteiger partial charge < -0.3 is 5.32 Å². The SMILES string of the molecule is Cc1ccccc1[C@H](NCc1cnn(C)c1)C(C)(C)C. The highest BCUT2D eigenvalue weighted by atomic mass is 15.2. The number of aryl methyl sites for hydroxylation is 2. The summed E-state index contributed by atoms with van der Waals surface area (Å²) in [6.07, 6.45) is 3.98. The number of benzene rings is 1. The van der Waals surface area contributed by atoms with Gasteiger partial charge in [0.2, 0.25) is 0 Å². The van der Waals surface area contributed by atoms with Crippen molar-refractivity contribution >= 4 is 0 Å². The smallest absolute Gasteiger partial charge is 0.0534 e. The highest BCUT2D eigenvalue weighted by molar-refractivity contribution is 5.30. The Morgan fingerprint density at radius 3 is 2.50 bits per heavy atom. The number of hydrogen-bond donors (Lipinski definition) is 1. The summed E-state index contributed by atoms with van der Waals surface area (Å²) in [7, 11) is 1.95. The Labute approximate surface area is 122 Å². The van der Waals surface area contributed by atoms with Crippen molar-refractivity contribution in [3.8, 4) is 0 Å². The Kier molecular flexibility index (Phi) is 4.29. The zero-order valence-corrected chi connectivity index (χ0v) is 13.1. The van der Waals surface area contributed by atoms with Crippen LogP contribution in [0.3, 0.4) is 0 Å². The summed E-state index contributed by atoms with van der Waals surface area (Å²) in [5, 5.41) is 7.92. The van der Waals surface area contributed by atoms with Crippen LogP contribution < -0.4 is 5.32 Å². The van der Waals surface area contributed by atoms with E-state index in [1.807, 2.05) is 17.9 Å². The van der Waals surface area contributed by atoms with Crippen molar-refractivity contribution in [2.45, 2.75) is 40.3 Å². The highest BCUT2D eigenvalue weighted by Gasteiger charge is 2.26. The summed E-state index contributed by atoms with van der Waals surface area (Å²) < 4.78 is 1.84. The molecule has 1 N–H and O–H groups in total. The summed E-state index contributed by atoms with van der Waals surface area (Å²) in [6, 6.07) is 8.94. The maximum absolute atomic E-state index is 4.22. The first kappa shape index (κ1) is 14.8. The quantitative estimate of drug-likeness (QED) is 0.920. The molecule has 0 unspecified atom stereocenters. The van der Waals surface area contributed by atoms with Crippen molar-refractivity contribution in [2.24, 2.45) is 12.5 Å². The molecule has 2 rings (SSSR count). The van der Waals surface area contributed by atoms with Crippen molar-refractivity contribution in [2.75, 3.05) is 0 Å². The molecule has 0 fully saturated rings. The Balaban J connectivity index is 2.19. The summed E-state index contributed by atoms with van der Waals surface area (Å²) >= 11 is 0. The molecule has 108 valence electrons. The van der Waals surface area contributed by atoms with Crippen LogP contribution >= 0.6 is 0 Å². The first-order chi connectivity index (χ1) is 9.38. The van der Waals surface area contributed by atoms with Gasteiger partial charge in [-0.25, -0.2) is 0 Å². The average Bonchev–Trinajstić information content (AvgIpc) is 2.76. The molecular formula is C17H25N3. The second-order valence-electron chi connectivity index (χ2n) is 6.56. The van der Waals surface area contributed by atoms with Crippen LogP contribution in [0.15, 0.2) is 36.7 Å². The minimum atomic E-state index is 0.161. The molecule has 0 saturated heterocycles. The molecule has 0 radical (unpaired) electrons. The van der Waals surface area contributed by atoms with Gasteiger partial charge in [-0.2, -0.15) is 5.10 Å². The van der Waals surface area contributed by atoms with Crippen LogP contribution in [0.5, 0.6) is 0 Å². The van der Waals surface area contributed by atoms with E-state index in [0.717, 1.165) is 6.54 Å². The summed E-state index contributed by atoms with van der Waals surface area (Å²) in [6.45, 7) is 9.85. The molecule has 0 bridgehead atoms. The Morgan fingerprint density at radius 1 is 1.25 bits per heavy atom. The van der Waals surface area contributed by atoms with E-state index >= 15 is 0 Å². The van der Waals surface area contributed by atoms with Gasteiger partial charge >= 0.3 is 0 Å². The number of aromatic nitrogens is 2. The monoisotopic (exact) mass is 271 g/mol. The lowest BCUT2D eigenvalue weighted by Gasteiger charge is -2.33. The largest absolute Gasteiger partial charge is 0.305 e. The van der Waals surface area contributed by atoms with E-state index in [-0.39, 0.29) is 5.41 Å². The molecule has 3 nitrogen and oxygen atoms in total. The zero-order chi connectivity index (χ0) is 14.8. The summed E-state index contributed by atoms with van der Waals surface area (Å²) in [4.78, 5) is 0. The molecule has 20 heavy (non-hydrogen) atoms. The van der Waals surface area contributed by atoms with Crippen molar-refractivity contribution < 1.29 is 0 Å². The Hall–Kier alpha value is -1.61. The third kappa shape index (κ3) is 3.48. The van der Waals surface area contributed by atoms with Gasteiger partial charge in [-0.1, -0.05) is 45.0 Å². The van der Waals surface area contributed by atoms with E-state index in [9.17, 15) is 0 Å². The third-order valence-electron chi connectivity index (χ3n) is 3.63. The molecule has 3 heteroatoms. The Bertz CT molecular complexity index is 564. The molecule has 1 aromatic heterocycles. The standard InChI is InChI=1S/C17H25N3/c1-13-8-6-7-9-15(13)16(17(2,3)4)18-10-14-11-19-20(5)12-14/h6-9,11-12,16,18H,10H2,1-5H3/t16-/m0/s1. The molecule has 1 atom stereocenters. The van der Waals surface area contributed by atoms with E-state index < -0.39 is 0 Å². The minimum Gasteiger partial charge on any atom is -0.305 e. The van der Waals surface area contributed by atoms with Crippen LogP contribution in [-0.2, 0) is 13.6 Å². The van der Waals surface area contributed by atoms with Crippen LogP contribution in [0.2, 0.25) is 0 Å². The van der Waals surface area contributed by atoms with Gasteiger partial charge in [0.1, 0.15) is 0 Å². The summed E-state index contributed by atoms with van der Waals surface area (Å²) in [5.74, 6) is 0. The number of nitrogens with one attached hydrogen (secondary N) is 1. The molecule has 0 aliphatic carbocycles. The number of hydrogen-bond acceptors (Lipinski definition) is 2. The van der Waals surface area contributed by atoms with E-state index in [1.54, 1.807) is 0 Å². The van der Waals surface area contributed by atoms with Crippen molar-refractivity contribution in [1.82, 2.24) is 15.1 Å². The van der Waals surface area contributed by atoms with Gasteiger partial charge in [0, 0.05) is 31.4 Å². The second-order valence-corrected chi connectivity index (χ2v) is 6.56. The van der Waals surface area contributed by atoms with Crippen molar-refractivity contribution in [1.29, 1.82) is 0 Å². The minimum absolute atomic E-state index is 0.161. The van der Waals surface area contributed by atoms with Crippen molar-refractivity contribution in [3.63, 3.8) is 0 Å². The molecule has 1 heterocycles. The van der Waals surface area contributed by atoms with Crippen LogP contribution in [0, 0.1) is 12.3 Å². The normalized spacial score (nSPS) is 13.4. The molecular weight excluding hydrogens is 246 g/mol. The van der Waals surface area contributed by atoms with E-state index in [4.69, 9.17) is 0 Å². The molecule has 0 amide bonds. The predicted octanol–water partition coefficient (Wildman–Crippen LogP) is 3.61. The first-order valence-electron chi connectivity index (χ1n) is 7.14. The highest BCUT2D eigenvalue weighted by Crippen LogP contribution is 2.34. The lowest BCUT2D eigenvalue weighted by molar-refractivity contribution is 0.270. The van der Waals surface area contributed by atoms with Crippen LogP contribution in [-0.4, -0.2) is 9.78 Å². The van der Waals surface area contributed by atoms with Crippen LogP contribution in [0.4, 0.5) is 0 Å². The summed E-state index contributed by atoms with van der Waals surface area (Å²) in [5.41, 5.74) is 4.10. The maximum atomic E-state index is 4.22. The van der Waals surface area contributed by atoms with Gasteiger partial charge in [0.05, 0.1) is 6.20 Å². The first-order valence-corrected chi connectivity index (χ1v) is 7.14. The predicted molar refractivity (Wildman–Crippen MR) is 83.4 cm³/mol. The molecule has 0 aliphatic rings. The lowest BCUT2D eigenvalue weighted by atomic mass is 9.81. The van der Waals surface area contributed by atoms with E-state index in [0.29, 0.717) is 6.04 Å². The van der Waals surface area contributed by atoms with E-state index in [1.165, 1.54) is 16.7 Å². The zero-order valence-electron chi connectivity index (χ0n) is 13.1. The van der Waals surface area contributed by atoms with Gasteiger partial charge in [-0.05, 0) is 23.5 Å². The van der Waals surface area contributed by atoms with E-state index in [2.05, 4.69) is 68.6 Å². The van der Waals surface area contributed by atoms with Gasteiger partial charge in [0.15, 0.2) is 0 Å². The number of nitrogens with zero attached hydrogens (tertiary/aromatic N) is 2. The van der Waals surface area contributed by atoms with Crippen LogP contribution in [0.1, 0.15) is 43.5 Å².